The van der Waals surface area contributed by atoms with Crippen molar-refractivity contribution in [1.82, 2.24) is 0 Å². The fraction of sp³-hybridized carbons (Fsp3) is 0.333. The zero-order chi connectivity index (χ0) is 9.84. The molecule has 1 atom stereocenters. The summed E-state index contributed by atoms with van der Waals surface area (Å²) in [5.41, 5.74) is 6.58. The zero-order valence-electron chi connectivity index (χ0n) is 7.33. The third kappa shape index (κ3) is 2.55. The fourth-order valence-electron chi connectivity index (χ4n) is 1.02. The molecule has 0 heterocycles. The van der Waals surface area contributed by atoms with Gasteiger partial charge in [0, 0.05) is 0 Å². The lowest BCUT2D eigenvalue weighted by atomic mass is 10.1. The number of hydrogen-bond acceptors (Lipinski definition) is 3. The summed E-state index contributed by atoms with van der Waals surface area (Å²) in [5.74, 6) is 0.828. The number of nitrogens with two attached hydrogens (primary N) is 1. The van der Waals surface area contributed by atoms with Crippen molar-refractivity contribution in [3.05, 3.63) is 27.3 Å². The Morgan fingerprint density at radius 1 is 1.62 bits per heavy atom. The van der Waals surface area contributed by atoms with Gasteiger partial charge in [-0.1, -0.05) is 6.07 Å². The largest absolute Gasteiger partial charge is 0.496 e. The number of halogens is 1. The Hall–Kier alpha value is -0.330. The molecule has 4 heteroatoms. The maximum Gasteiger partial charge on any atom is 0.132 e. The predicted octanol–water partition coefficient (Wildman–Crippen LogP) is 1.29. The lowest BCUT2D eigenvalue weighted by Gasteiger charge is -2.10. The minimum atomic E-state index is -0.306. The molecule has 0 aliphatic heterocycles. The molecule has 0 bridgehead atoms. The van der Waals surface area contributed by atoms with Crippen molar-refractivity contribution in [2.75, 3.05) is 13.7 Å². The number of aliphatic hydroxyl groups excluding tert-OH is 1. The summed E-state index contributed by atoms with van der Waals surface area (Å²) in [5, 5.41) is 8.85. The van der Waals surface area contributed by atoms with E-state index in [4.69, 9.17) is 15.6 Å². The fourth-order valence-corrected chi connectivity index (χ4v) is 1.78. The van der Waals surface area contributed by atoms with Gasteiger partial charge in [0.1, 0.15) is 5.75 Å². The summed E-state index contributed by atoms with van der Waals surface area (Å²) in [7, 11) is 1.63. The molecule has 3 N–H and O–H groups in total. The van der Waals surface area contributed by atoms with Crippen LogP contribution in [-0.2, 0) is 0 Å². The summed E-state index contributed by atoms with van der Waals surface area (Å²) < 4.78 is 6.10. The molecule has 0 radical (unpaired) electrons. The molecule has 0 aromatic heterocycles. The highest BCUT2D eigenvalue weighted by Crippen LogP contribution is 2.23. The minimum Gasteiger partial charge on any atom is -0.496 e. The highest BCUT2D eigenvalue weighted by Gasteiger charge is 2.06. The Kier molecular flexibility index (Phi) is 3.95. The van der Waals surface area contributed by atoms with Gasteiger partial charge in [0.25, 0.3) is 0 Å². The van der Waals surface area contributed by atoms with Gasteiger partial charge in [-0.25, -0.2) is 0 Å². The van der Waals surface area contributed by atoms with Gasteiger partial charge in [-0.3, -0.25) is 0 Å². The smallest absolute Gasteiger partial charge is 0.132 e. The number of hydrogen-bond donors (Lipinski definition) is 2. The van der Waals surface area contributed by atoms with E-state index in [1.807, 2.05) is 18.2 Å². The zero-order valence-corrected chi connectivity index (χ0v) is 9.48. The highest BCUT2D eigenvalue weighted by molar-refractivity contribution is 14.1. The Morgan fingerprint density at radius 3 is 2.77 bits per heavy atom. The SMILES string of the molecule is COc1ccc(C(N)CO)cc1I. The van der Waals surface area contributed by atoms with Crippen LogP contribution in [0.1, 0.15) is 11.6 Å². The Bertz CT molecular complexity index is 291. The normalized spacial score (nSPS) is 12.6. The van der Waals surface area contributed by atoms with Crippen LogP contribution in [0.3, 0.4) is 0 Å². The quantitative estimate of drug-likeness (QED) is 0.826. The van der Waals surface area contributed by atoms with Gasteiger partial charge < -0.3 is 15.6 Å². The van der Waals surface area contributed by atoms with Gasteiger partial charge >= 0.3 is 0 Å². The Morgan fingerprint density at radius 2 is 2.31 bits per heavy atom. The van der Waals surface area contributed by atoms with E-state index < -0.39 is 0 Å². The summed E-state index contributed by atoms with van der Waals surface area (Å²) in [6.07, 6.45) is 0. The summed E-state index contributed by atoms with van der Waals surface area (Å²) in [6, 6.07) is 5.33. The maximum atomic E-state index is 8.85. The first-order chi connectivity index (χ1) is 6.19. The molecule has 0 saturated carbocycles. The number of methoxy groups -OCH3 is 1. The van der Waals surface area contributed by atoms with Crippen LogP contribution in [0.4, 0.5) is 0 Å². The predicted molar refractivity (Wildman–Crippen MR) is 59.7 cm³/mol. The molecule has 0 fully saturated rings. The topological polar surface area (TPSA) is 55.5 Å². The van der Waals surface area contributed by atoms with Crippen molar-refractivity contribution in [3.8, 4) is 5.75 Å². The van der Waals surface area contributed by atoms with Crippen LogP contribution in [-0.4, -0.2) is 18.8 Å². The second-order valence-electron chi connectivity index (χ2n) is 2.68. The number of benzene rings is 1. The monoisotopic (exact) mass is 293 g/mol. The standard InChI is InChI=1S/C9H12INO2/c1-13-9-3-2-6(4-7(9)10)8(11)5-12/h2-4,8,12H,5,11H2,1H3. The van der Waals surface area contributed by atoms with Crippen LogP contribution in [0.25, 0.3) is 0 Å². The first-order valence-electron chi connectivity index (χ1n) is 3.89. The molecule has 3 nitrogen and oxygen atoms in total. The van der Waals surface area contributed by atoms with Gasteiger partial charge in [0.2, 0.25) is 0 Å². The van der Waals surface area contributed by atoms with E-state index in [1.165, 1.54) is 0 Å². The third-order valence-corrected chi connectivity index (χ3v) is 2.64. The molecule has 0 spiro atoms. The van der Waals surface area contributed by atoms with E-state index in [0.29, 0.717) is 0 Å². The molecule has 1 rings (SSSR count). The van der Waals surface area contributed by atoms with Crippen LogP contribution < -0.4 is 10.5 Å². The Labute approximate surface area is 91.0 Å². The van der Waals surface area contributed by atoms with Gasteiger partial charge in [0.05, 0.1) is 23.3 Å². The van der Waals surface area contributed by atoms with E-state index in [-0.39, 0.29) is 12.6 Å². The average molecular weight is 293 g/mol. The molecule has 1 aromatic rings. The molecule has 1 aromatic carbocycles. The summed E-state index contributed by atoms with van der Waals surface area (Å²) in [6.45, 7) is -0.0393. The van der Waals surface area contributed by atoms with E-state index in [9.17, 15) is 0 Å². The highest BCUT2D eigenvalue weighted by atomic mass is 127. The average Bonchev–Trinajstić information content (AvgIpc) is 2.16. The molecule has 72 valence electrons. The van der Waals surface area contributed by atoms with E-state index in [2.05, 4.69) is 22.6 Å². The molecule has 1 unspecified atom stereocenters. The van der Waals surface area contributed by atoms with E-state index in [0.717, 1.165) is 14.9 Å². The van der Waals surface area contributed by atoms with Crippen LogP contribution in [0.15, 0.2) is 18.2 Å². The molecule has 0 amide bonds. The van der Waals surface area contributed by atoms with Crippen LogP contribution >= 0.6 is 22.6 Å². The van der Waals surface area contributed by atoms with Gasteiger partial charge in [-0.15, -0.1) is 0 Å². The Balaban J connectivity index is 2.95. The third-order valence-electron chi connectivity index (χ3n) is 1.80. The second kappa shape index (κ2) is 4.78. The summed E-state index contributed by atoms with van der Waals surface area (Å²) >= 11 is 2.17. The maximum absolute atomic E-state index is 8.85. The molecule has 0 aliphatic rings. The first-order valence-corrected chi connectivity index (χ1v) is 4.96. The molecular weight excluding hydrogens is 281 g/mol. The van der Waals surface area contributed by atoms with Crippen LogP contribution in [0.5, 0.6) is 5.75 Å². The lowest BCUT2D eigenvalue weighted by Crippen LogP contribution is -2.14. The number of rotatable bonds is 3. The second-order valence-corrected chi connectivity index (χ2v) is 3.85. The van der Waals surface area contributed by atoms with Gasteiger partial charge in [0.15, 0.2) is 0 Å². The van der Waals surface area contributed by atoms with E-state index >= 15 is 0 Å². The van der Waals surface area contributed by atoms with Crippen LogP contribution in [0.2, 0.25) is 0 Å². The number of ether oxygens (including phenoxy) is 1. The van der Waals surface area contributed by atoms with E-state index in [1.54, 1.807) is 7.11 Å². The van der Waals surface area contributed by atoms with Crippen molar-refractivity contribution in [1.29, 1.82) is 0 Å². The summed E-state index contributed by atoms with van der Waals surface area (Å²) in [4.78, 5) is 0. The van der Waals surface area contributed by atoms with Crippen molar-refractivity contribution >= 4 is 22.6 Å². The molecule has 0 aliphatic carbocycles. The number of aliphatic hydroxyl groups is 1. The first kappa shape index (κ1) is 10.7. The van der Waals surface area contributed by atoms with Crippen molar-refractivity contribution in [2.45, 2.75) is 6.04 Å². The van der Waals surface area contributed by atoms with Gasteiger partial charge in [-0.2, -0.15) is 0 Å². The molecule has 13 heavy (non-hydrogen) atoms. The molecule has 0 saturated heterocycles. The van der Waals surface area contributed by atoms with Crippen molar-refractivity contribution < 1.29 is 9.84 Å². The lowest BCUT2D eigenvalue weighted by molar-refractivity contribution is 0.268. The van der Waals surface area contributed by atoms with Crippen molar-refractivity contribution in [3.63, 3.8) is 0 Å². The minimum absolute atomic E-state index is 0.0393. The van der Waals surface area contributed by atoms with Crippen molar-refractivity contribution in [2.24, 2.45) is 5.73 Å². The van der Waals surface area contributed by atoms with Crippen LogP contribution in [0, 0.1) is 3.57 Å². The van der Waals surface area contributed by atoms with Gasteiger partial charge in [-0.05, 0) is 40.3 Å². The molecular formula is C9H12INO2.